The van der Waals surface area contributed by atoms with E-state index in [1.807, 2.05) is 6.07 Å². The first kappa shape index (κ1) is 28.8. The van der Waals surface area contributed by atoms with Gasteiger partial charge >= 0.3 is 0 Å². The van der Waals surface area contributed by atoms with Crippen LogP contribution < -0.4 is 0 Å². The van der Waals surface area contributed by atoms with Gasteiger partial charge in [0.2, 0.25) is 0 Å². The van der Waals surface area contributed by atoms with Crippen molar-refractivity contribution in [2.24, 2.45) is 4.99 Å². The molecule has 0 N–H and O–H groups in total. The Balaban J connectivity index is 0.963. The second kappa shape index (κ2) is 10.8. The van der Waals surface area contributed by atoms with Gasteiger partial charge in [-0.1, -0.05) is 115 Å². The van der Waals surface area contributed by atoms with Crippen molar-refractivity contribution in [3.8, 4) is 27.9 Å². The third-order valence-electron chi connectivity index (χ3n) is 11.5. The first-order valence-corrected chi connectivity index (χ1v) is 18.3. The van der Waals surface area contributed by atoms with Gasteiger partial charge < -0.3 is 13.9 Å². The van der Waals surface area contributed by atoms with Crippen LogP contribution in [0.2, 0.25) is 0 Å². The van der Waals surface area contributed by atoms with Crippen molar-refractivity contribution in [3.05, 3.63) is 193 Å². The first-order valence-electron chi connectivity index (χ1n) is 18.3. The van der Waals surface area contributed by atoms with E-state index in [1.54, 1.807) is 0 Å². The number of aliphatic imine (C=N–C) groups is 1. The van der Waals surface area contributed by atoms with Crippen molar-refractivity contribution in [1.29, 1.82) is 0 Å². The number of rotatable bonds is 4. The molecular weight excluding hydrogens is 647 g/mol. The van der Waals surface area contributed by atoms with Gasteiger partial charge in [-0.25, -0.2) is 0 Å². The molecule has 3 aliphatic heterocycles. The second-order valence-electron chi connectivity index (χ2n) is 14.3. The summed E-state index contributed by atoms with van der Waals surface area (Å²) in [5, 5.41) is 4.63. The molecule has 0 saturated heterocycles. The predicted molar refractivity (Wildman–Crippen MR) is 217 cm³/mol. The third-order valence-corrected chi connectivity index (χ3v) is 11.5. The maximum Gasteiger partial charge on any atom is 0.145 e. The summed E-state index contributed by atoms with van der Waals surface area (Å²) in [4.78, 5) is 7.65. The number of para-hydroxylation sites is 2. The highest BCUT2D eigenvalue weighted by Crippen LogP contribution is 2.54. The lowest BCUT2D eigenvalue weighted by Gasteiger charge is -2.25. The fraction of sp³-hybridized carbons (Fsp3) is 0.0408. The van der Waals surface area contributed by atoms with Crippen molar-refractivity contribution in [2.45, 2.75) is 12.1 Å². The van der Waals surface area contributed by atoms with Crippen molar-refractivity contribution in [2.75, 3.05) is 0 Å². The summed E-state index contributed by atoms with van der Waals surface area (Å²) in [6.07, 6.45) is 6.51. The van der Waals surface area contributed by atoms with Crippen molar-refractivity contribution < 1.29 is 4.42 Å². The molecule has 4 nitrogen and oxygen atoms in total. The molecule has 0 spiro atoms. The average molecular weight is 678 g/mol. The molecule has 7 aromatic carbocycles. The van der Waals surface area contributed by atoms with E-state index in [0.29, 0.717) is 0 Å². The fourth-order valence-electron chi connectivity index (χ4n) is 9.13. The summed E-state index contributed by atoms with van der Waals surface area (Å²) in [6, 6.07) is 57.2. The number of aromatic nitrogens is 1. The smallest absolute Gasteiger partial charge is 0.145 e. The second-order valence-corrected chi connectivity index (χ2v) is 14.3. The first-order chi connectivity index (χ1) is 26.3. The van der Waals surface area contributed by atoms with Crippen LogP contribution in [0.25, 0.3) is 77.4 Å². The lowest BCUT2D eigenvalue weighted by Crippen LogP contribution is -2.24. The molecule has 2 unspecified atom stereocenters. The standard InChI is InChI=1S/C49H31N3O/c1-2-11-30(12-3-1)47-48-40-29-34(23-24-36(40)41-20-10-22-45(50-47)52(41)48)32-14-8-13-31(27-32)33-15-9-16-35(28-33)51-42-19-6-4-18-39(42)46-43(51)26-25-38-37-17-5-7-21-44(37)53-49(38)46/h1-29,47-48H. The monoisotopic (exact) mass is 677 g/mol. The maximum atomic E-state index is 6.54. The van der Waals surface area contributed by atoms with Crippen LogP contribution in [-0.4, -0.2) is 15.3 Å². The summed E-state index contributed by atoms with van der Waals surface area (Å²) in [5.74, 6) is 1.05. The Morgan fingerprint density at radius 1 is 0.566 bits per heavy atom. The number of amidine groups is 1. The van der Waals surface area contributed by atoms with Gasteiger partial charge in [-0.2, -0.15) is 0 Å². The quantitative estimate of drug-likeness (QED) is 0.186. The van der Waals surface area contributed by atoms with Gasteiger partial charge in [0, 0.05) is 27.4 Å². The van der Waals surface area contributed by atoms with Crippen molar-refractivity contribution in [3.63, 3.8) is 0 Å². The lowest BCUT2D eigenvalue weighted by atomic mass is 9.91. The highest BCUT2D eigenvalue weighted by Gasteiger charge is 2.46. The SMILES string of the molecule is C1=CC2=NC(c3ccccc3)C3c4cc(-c5cccc(-c6cccc(-n7c8ccccc8c8c9oc%10ccccc%10c9ccc87)c6)c5)ccc4C(=C1)N23. The Morgan fingerprint density at radius 2 is 1.32 bits per heavy atom. The molecule has 0 fully saturated rings. The molecule has 0 saturated carbocycles. The number of allylic oxidation sites excluding steroid dienone is 2. The summed E-state index contributed by atoms with van der Waals surface area (Å²) in [5.41, 5.74) is 15.2. The molecule has 4 heteroatoms. The third kappa shape index (κ3) is 4.09. The molecule has 0 radical (unpaired) electrons. The highest BCUT2D eigenvalue weighted by atomic mass is 16.3. The molecule has 0 amide bonds. The van der Waals surface area contributed by atoms with Gasteiger partial charge in [-0.15, -0.1) is 0 Å². The van der Waals surface area contributed by atoms with Crippen LogP contribution >= 0.6 is 0 Å². The lowest BCUT2D eigenvalue weighted by molar-refractivity contribution is 0.433. The van der Waals surface area contributed by atoms with Crippen LogP contribution in [-0.2, 0) is 0 Å². The molecular formula is C49H31N3O. The minimum atomic E-state index is 0.0479. The topological polar surface area (TPSA) is 33.7 Å². The Hall–Kier alpha value is -6.91. The van der Waals surface area contributed by atoms with E-state index in [-0.39, 0.29) is 12.1 Å². The molecule has 53 heavy (non-hydrogen) atoms. The van der Waals surface area contributed by atoms with E-state index in [9.17, 15) is 0 Å². The normalized spacial score (nSPS) is 17.2. The van der Waals surface area contributed by atoms with Crippen LogP contribution in [0.4, 0.5) is 0 Å². The van der Waals surface area contributed by atoms with Gasteiger partial charge in [-0.3, -0.25) is 4.99 Å². The van der Waals surface area contributed by atoms with Crippen LogP contribution in [0.1, 0.15) is 28.8 Å². The predicted octanol–water partition coefficient (Wildman–Crippen LogP) is 12.4. The summed E-state index contributed by atoms with van der Waals surface area (Å²) in [6.45, 7) is 0. The van der Waals surface area contributed by atoms with E-state index >= 15 is 0 Å². The van der Waals surface area contributed by atoms with E-state index in [1.165, 1.54) is 50.0 Å². The highest BCUT2D eigenvalue weighted by molar-refractivity contribution is 6.23. The summed E-state index contributed by atoms with van der Waals surface area (Å²) >= 11 is 0. The number of nitrogens with zero attached hydrogens (tertiary/aromatic N) is 3. The molecule has 2 aromatic heterocycles. The Bertz CT molecular complexity index is 3090. The van der Waals surface area contributed by atoms with Crippen molar-refractivity contribution in [1.82, 2.24) is 9.47 Å². The Kier molecular flexibility index (Phi) is 5.86. The number of benzene rings is 7. The van der Waals surface area contributed by atoms with Gasteiger partial charge in [0.05, 0.1) is 28.2 Å². The molecule has 2 atom stereocenters. The minimum Gasteiger partial charge on any atom is -0.455 e. The summed E-state index contributed by atoms with van der Waals surface area (Å²) < 4.78 is 8.92. The molecule has 3 aliphatic rings. The molecule has 5 heterocycles. The van der Waals surface area contributed by atoms with Crippen LogP contribution in [0.3, 0.4) is 0 Å². The summed E-state index contributed by atoms with van der Waals surface area (Å²) in [7, 11) is 0. The van der Waals surface area contributed by atoms with E-state index in [2.05, 4.69) is 179 Å². The molecule has 0 bridgehead atoms. The van der Waals surface area contributed by atoms with Gasteiger partial charge in [-0.05, 0) is 94.1 Å². The number of hydrogen-bond donors (Lipinski definition) is 0. The van der Waals surface area contributed by atoms with E-state index < -0.39 is 0 Å². The van der Waals surface area contributed by atoms with Gasteiger partial charge in [0.25, 0.3) is 0 Å². The Morgan fingerprint density at radius 3 is 2.21 bits per heavy atom. The van der Waals surface area contributed by atoms with Gasteiger partial charge in [0.1, 0.15) is 23.0 Å². The van der Waals surface area contributed by atoms with Crippen LogP contribution in [0.5, 0.6) is 0 Å². The maximum absolute atomic E-state index is 6.54. The number of fused-ring (bicyclic) bond motifs is 10. The zero-order valence-electron chi connectivity index (χ0n) is 28.6. The minimum absolute atomic E-state index is 0.0479. The molecule has 12 rings (SSSR count). The van der Waals surface area contributed by atoms with Crippen LogP contribution in [0.15, 0.2) is 185 Å². The van der Waals surface area contributed by atoms with E-state index in [4.69, 9.17) is 9.41 Å². The molecule has 248 valence electrons. The fourth-order valence-corrected chi connectivity index (χ4v) is 9.13. The zero-order valence-corrected chi connectivity index (χ0v) is 28.6. The number of furan rings is 1. The van der Waals surface area contributed by atoms with Gasteiger partial charge in [0.15, 0.2) is 0 Å². The molecule has 0 aliphatic carbocycles. The Labute approximate surface area is 305 Å². The zero-order chi connectivity index (χ0) is 34.6. The molecule has 9 aromatic rings. The van der Waals surface area contributed by atoms with Crippen molar-refractivity contribution >= 4 is 55.3 Å². The number of hydrogen-bond acceptors (Lipinski definition) is 3. The van der Waals surface area contributed by atoms with E-state index in [0.717, 1.165) is 49.9 Å². The van der Waals surface area contributed by atoms with Crippen LogP contribution in [0, 0.1) is 0 Å². The average Bonchev–Trinajstić information content (AvgIpc) is 3.98. The largest absolute Gasteiger partial charge is 0.455 e.